The van der Waals surface area contributed by atoms with E-state index in [0.717, 1.165) is 0 Å². The fourth-order valence-electron chi connectivity index (χ4n) is 2.86. The Morgan fingerprint density at radius 3 is 2.91 bits per heavy atom. The molecule has 0 aliphatic carbocycles. The van der Waals surface area contributed by atoms with Crippen LogP contribution in [0.5, 0.6) is 0 Å². The van der Waals surface area contributed by atoms with Gasteiger partial charge in [-0.3, -0.25) is 0 Å². The van der Waals surface area contributed by atoms with Gasteiger partial charge in [-0.05, 0) is 6.92 Å². The summed E-state index contributed by atoms with van der Waals surface area (Å²) in [7, 11) is 0. The fourth-order valence-corrected chi connectivity index (χ4v) is 3.15. The minimum absolute atomic E-state index is 0.261. The number of hydrogen-bond acceptors (Lipinski definition) is 8. The number of fused-ring (bicyclic) bond motifs is 1. The van der Waals surface area contributed by atoms with Crippen LogP contribution in [-0.2, 0) is 4.74 Å². The van der Waals surface area contributed by atoms with E-state index in [0.29, 0.717) is 16.6 Å². The first kappa shape index (κ1) is 15.9. The molecule has 124 valence electrons. The monoisotopic (exact) mass is 340 g/mol. The number of nitrogens with zero attached hydrogens (tertiary/aromatic N) is 4. The van der Waals surface area contributed by atoms with Crippen molar-refractivity contribution in [3.8, 4) is 0 Å². The average Bonchev–Trinajstić information content (AvgIpc) is 2.97. The molecular formula is C13H17ClN6O3. The lowest BCUT2D eigenvalue weighted by atomic mass is 10.0. The van der Waals surface area contributed by atoms with E-state index in [1.54, 1.807) is 17.7 Å². The van der Waals surface area contributed by atoms with Crippen LogP contribution in [0, 0.1) is 0 Å². The lowest BCUT2D eigenvalue weighted by molar-refractivity contribution is -0.0439. The number of nitrogen functional groups attached to an aromatic ring is 1. The van der Waals surface area contributed by atoms with Crippen LogP contribution in [0.25, 0.3) is 11.0 Å². The molecule has 3 heterocycles. The second kappa shape index (κ2) is 5.60. The Kier molecular flexibility index (Phi) is 3.88. The smallest absolute Gasteiger partial charge is 0.157 e. The molecule has 0 saturated carbocycles. The van der Waals surface area contributed by atoms with Crippen LogP contribution in [0.4, 0.5) is 5.82 Å². The first-order chi connectivity index (χ1) is 10.9. The number of ether oxygens (including phenoxy) is 1. The highest BCUT2D eigenvalue weighted by Crippen LogP contribution is 2.44. The van der Waals surface area contributed by atoms with Gasteiger partial charge in [-0.2, -0.15) is 5.10 Å². The number of hydrogen-bond donors (Lipinski definition) is 4. The molecule has 0 radical (unpaired) electrons. The zero-order valence-electron chi connectivity index (χ0n) is 12.3. The highest BCUT2D eigenvalue weighted by molar-refractivity contribution is 6.24. The second-order valence-electron chi connectivity index (χ2n) is 5.53. The Bertz CT molecular complexity index is 761. The van der Waals surface area contributed by atoms with E-state index in [1.807, 2.05) is 0 Å². The van der Waals surface area contributed by atoms with Crippen molar-refractivity contribution in [2.24, 2.45) is 10.9 Å². The first-order valence-electron chi connectivity index (χ1n) is 6.89. The van der Waals surface area contributed by atoms with Gasteiger partial charge in [-0.25, -0.2) is 9.97 Å². The molecule has 0 spiro atoms. The Labute approximate surface area is 136 Å². The molecule has 0 unspecified atom stereocenters. The van der Waals surface area contributed by atoms with Crippen molar-refractivity contribution < 1.29 is 14.9 Å². The molecular weight excluding hydrogens is 324 g/mol. The maximum atomic E-state index is 10.3. The summed E-state index contributed by atoms with van der Waals surface area (Å²) in [5.41, 5.74) is 6.98. The predicted octanol–water partition coefficient (Wildman–Crippen LogP) is -0.446. The molecule has 0 aromatic carbocycles. The van der Waals surface area contributed by atoms with Crippen molar-refractivity contribution in [3.05, 3.63) is 18.1 Å². The largest absolute Gasteiger partial charge is 0.394 e. The zero-order chi connectivity index (χ0) is 16.8. The van der Waals surface area contributed by atoms with Gasteiger partial charge in [0.25, 0.3) is 0 Å². The molecule has 2 aromatic heterocycles. The summed E-state index contributed by atoms with van der Waals surface area (Å²) in [5, 5.41) is 23.7. The summed E-state index contributed by atoms with van der Waals surface area (Å²) in [6.45, 7) is 1.28. The van der Waals surface area contributed by atoms with Gasteiger partial charge in [0.1, 0.15) is 34.9 Å². The summed E-state index contributed by atoms with van der Waals surface area (Å²) in [6, 6.07) is 0. The Hall–Kier alpha value is -1.94. The molecule has 1 aliphatic rings. The van der Waals surface area contributed by atoms with Gasteiger partial charge in [0, 0.05) is 11.8 Å². The number of aliphatic hydroxyl groups excluding tert-OH is 2. The molecule has 2 aromatic rings. The van der Waals surface area contributed by atoms with Crippen LogP contribution in [0.1, 0.15) is 18.7 Å². The lowest BCUT2D eigenvalue weighted by Crippen LogP contribution is -2.39. The first-order valence-corrected chi connectivity index (χ1v) is 7.27. The van der Waals surface area contributed by atoms with Crippen LogP contribution in [0.3, 0.4) is 0 Å². The number of aliphatic hydroxyl groups is 2. The summed E-state index contributed by atoms with van der Waals surface area (Å²) >= 11 is 6.48. The number of aromatic nitrogens is 3. The fraction of sp³-hybridized carbons (Fsp3) is 0.462. The lowest BCUT2D eigenvalue weighted by Gasteiger charge is -2.26. The van der Waals surface area contributed by atoms with E-state index in [2.05, 4.69) is 15.1 Å². The van der Waals surface area contributed by atoms with Crippen molar-refractivity contribution in [1.82, 2.24) is 14.5 Å². The van der Waals surface area contributed by atoms with Crippen molar-refractivity contribution >= 4 is 34.7 Å². The van der Waals surface area contributed by atoms with E-state index >= 15 is 0 Å². The second-order valence-corrected chi connectivity index (χ2v) is 6.35. The summed E-state index contributed by atoms with van der Waals surface area (Å²) < 4.78 is 7.35. The molecule has 9 nitrogen and oxygen atoms in total. The molecule has 0 amide bonds. The normalized spacial score (nSPS) is 31.4. The molecule has 3 rings (SSSR count). The van der Waals surface area contributed by atoms with Gasteiger partial charge in [-0.15, -0.1) is 11.6 Å². The van der Waals surface area contributed by atoms with Crippen LogP contribution < -0.4 is 11.6 Å². The standard InChI is InChI=1S/C13H17ClN6O3/c1-13(14)9(22)7(4-21)23-12(13)20-3-6(2-19-16)8-10(15)17-5-18-11(8)20/h2-3,5,7,9,12,21-22H,4,16H2,1H3,(H2,15,17,18)/b19-2+/t7-,9-,12-,13-/m1/s1. The number of rotatable bonds is 3. The third-order valence-corrected chi connectivity index (χ3v) is 4.44. The number of halogens is 1. The quantitative estimate of drug-likeness (QED) is 0.256. The van der Waals surface area contributed by atoms with E-state index in [-0.39, 0.29) is 12.4 Å². The van der Waals surface area contributed by atoms with Gasteiger partial charge in [0.2, 0.25) is 0 Å². The van der Waals surface area contributed by atoms with Crippen molar-refractivity contribution in [3.63, 3.8) is 0 Å². The highest BCUT2D eigenvalue weighted by Gasteiger charge is 2.53. The summed E-state index contributed by atoms with van der Waals surface area (Å²) in [6.07, 6.45) is 1.78. The van der Waals surface area contributed by atoms with E-state index in [1.165, 1.54) is 12.5 Å². The van der Waals surface area contributed by atoms with Crippen molar-refractivity contribution in [1.29, 1.82) is 0 Å². The maximum Gasteiger partial charge on any atom is 0.157 e. The van der Waals surface area contributed by atoms with Gasteiger partial charge in [0.15, 0.2) is 6.23 Å². The summed E-state index contributed by atoms with van der Waals surface area (Å²) in [5.74, 6) is 5.49. The molecule has 4 atom stereocenters. The summed E-state index contributed by atoms with van der Waals surface area (Å²) in [4.78, 5) is 7.01. The Balaban J connectivity index is 2.19. The topological polar surface area (TPSA) is 145 Å². The van der Waals surface area contributed by atoms with Crippen molar-refractivity contribution in [2.45, 2.75) is 30.2 Å². The van der Waals surface area contributed by atoms with Crippen molar-refractivity contribution in [2.75, 3.05) is 12.3 Å². The predicted molar refractivity (Wildman–Crippen MR) is 85.0 cm³/mol. The SMILES string of the molecule is C[C@@]1(Cl)[C@H](O)[C@@H](CO)O[C@H]1n1cc(/C=N/N)c2c(N)ncnc21. The van der Waals surface area contributed by atoms with Gasteiger partial charge >= 0.3 is 0 Å². The maximum absolute atomic E-state index is 10.3. The zero-order valence-corrected chi connectivity index (χ0v) is 13.1. The van der Waals surface area contributed by atoms with Gasteiger partial charge in [0.05, 0.1) is 18.2 Å². The van der Waals surface area contributed by atoms with Crippen LogP contribution >= 0.6 is 11.6 Å². The molecule has 6 N–H and O–H groups in total. The van der Waals surface area contributed by atoms with Crippen LogP contribution in [0.2, 0.25) is 0 Å². The minimum Gasteiger partial charge on any atom is -0.394 e. The minimum atomic E-state index is -1.17. The van der Waals surface area contributed by atoms with Gasteiger partial charge in [-0.1, -0.05) is 0 Å². The highest BCUT2D eigenvalue weighted by atomic mass is 35.5. The van der Waals surface area contributed by atoms with Crippen LogP contribution in [0.15, 0.2) is 17.6 Å². The van der Waals surface area contributed by atoms with Gasteiger partial charge < -0.3 is 31.1 Å². The molecule has 23 heavy (non-hydrogen) atoms. The van der Waals surface area contributed by atoms with Crippen LogP contribution in [-0.4, -0.2) is 54.7 Å². The molecule has 0 bridgehead atoms. The third kappa shape index (κ3) is 2.32. The molecule has 10 heteroatoms. The average molecular weight is 341 g/mol. The third-order valence-electron chi connectivity index (χ3n) is 4.03. The Morgan fingerprint density at radius 2 is 2.30 bits per heavy atom. The number of hydrazone groups is 1. The van der Waals surface area contributed by atoms with E-state index < -0.39 is 23.3 Å². The Morgan fingerprint density at radius 1 is 1.57 bits per heavy atom. The number of anilines is 1. The van der Waals surface area contributed by atoms with E-state index in [4.69, 9.17) is 27.9 Å². The number of nitrogens with two attached hydrogens (primary N) is 2. The number of alkyl halides is 1. The molecule has 1 fully saturated rings. The molecule has 1 saturated heterocycles. The molecule has 1 aliphatic heterocycles. The van der Waals surface area contributed by atoms with E-state index in [9.17, 15) is 10.2 Å².